The van der Waals surface area contributed by atoms with Gasteiger partial charge in [-0.15, -0.1) is 0 Å². The van der Waals surface area contributed by atoms with Crippen molar-refractivity contribution in [2.75, 3.05) is 6.54 Å². The van der Waals surface area contributed by atoms with Crippen molar-refractivity contribution < 1.29 is 5.11 Å². The zero-order valence-electron chi connectivity index (χ0n) is 9.96. The van der Waals surface area contributed by atoms with E-state index in [0.717, 1.165) is 6.54 Å². The van der Waals surface area contributed by atoms with Crippen LogP contribution < -0.4 is 5.32 Å². The molecule has 1 fully saturated rings. The normalized spacial score (nSPS) is 30.9. The number of aromatic hydroxyl groups is 1. The van der Waals surface area contributed by atoms with E-state index in [9.17, 15) is 5.11 Å². The first-order valence-electron chi connectivity index (χ1n) is 6.17. The molecule has 2 N–H and O–H groups in total. The summed E-state index contributed by atoms with van der Waals surface area (Å²) in [5.74, 6) is 1.07. The number of rotatable bonds is 0. The van der Waals surface area contributed by atoms with Crippen LogP contribution in [-0.4, -0.2) is 11.7 Å². The van der Waals surface area contributed by atoms with Crippen molar-refractivity contribution in [2.45, 2.75) is 38.1 Å². The fourth-order valence-corrected chi connectivity index (χ4v) is 3.57. The molecular formula is C14H19NO. The van der Waals surface area contributed by atoms with E-state index < -0.39 is 0 Å². The Bertz CT molecular complexity index is 425. The molecule has 0 spiro atoms. The summed E-state index contributed by atoms with van der Waals surface area (Å²) in [7, 11) is 0. The minimum absolute atomic E-state index is 0.187. The quantitative estimate of drug-likeness (QED) is 0.700. The van der Waals surface area contributed by atoms with E-state index >= 15 is 0 Å². The summed E-state index contributed by atoms with van der Waals surface area (Å²) in [6, 6.07) is 6.36. The molecule has 86 valence electrons. The van der Waals surface area contributed by atoms with Crippen LogP contribution in [0.5, 0.6) is 5.75 Å². The fraction of sp³-hybridized carbons (Fsp3) is 0.571. The highest BCUT2D eigenvalue weighted by molar-refractivity contribution is 5.47. The topological polar surface area (TPSA) is 32.3 Å². The molecule has 2 nitrogen and oxygen atoms in total. The number of phenolic OH excluding ortho intramolecular Hbond substituents is 1. The minimum Gasteiger partial charge on any atom is -0.508 e. The Hall–Kier alpha value is -1.02. The molecule has 2 aliphatic rings. The molecule has 0 bridgehead atoms. The number of fused-ring (bicyclic) bond motifs is 3. The van der Waals surface area contributed by atoms with Gasteiger partial charge in [-0.25, -0.2) is 0 Å². The van der Waals surface area contributed by atoms with Crippen LogP contribution in [0.3, 0.4) is 0 Å². The van der Waals surface area contributed by atoms with Gasteiger partial charge in [0.05, 0.1) is 0 Å². The first kappa shape index (κ1) is 10.2. The third-order valence-corrected chi connectivity index (χ3v) is 4.45. The van der Waals surface area contributed by atoms with Crippen LogP contribution >= 0.6 is 0 Å². The molecule has 0 radical (unpaired) electrons. The standard InChI is InChI=1S/C14H19NO/c1-14(2)11-4-3-7-15-13(11)10-6-5-9(16)8-12(10)14/h5-6,8,11,13,15-16H,3-4,7H2,1-2H3. The maximum absolute atomic E-state index is 9.64. The molecule has 2 atom stereocenters. The molecule has 0 amide bonds. The highest BCUT2D eigenvalue weighted by Gasteiger charge is 2.46. The van der Waals surface area contributed by atoms with E-state index in [4.69, 9.17) is 0 Å². The van der Waals surface area contributed by atoms with E-state index in [1.807, 2.05) is 12.1 Å². The van der Waals surface area contributed by atoms with Gasteiger partial charge in [-0.2, -0.15) is 0 Å². The van der Waals surface area contributed by atoms with Gasteiger partial charge in [-0.3, -0.25) is 0 Å². The predicted molar refractivity (Wildman–Crippen MR) is 64.6 cm³/mol. The molecule has 0 aromatic heterocycles. The Labute approximate surface area is 96.7 Å². The van der Waals surface area contributed by atoms with E-state index in [2.05, 4.69) is 25.2 Å². The summed E-state index contributed by atoms with van der Waals surface area (Å²) in [5, 5.41) is 13.3. The fourth-order valence-electron chi connectivity index (χ4n) is 3.57. The lowest BCUT2D eigenvalue weighted by Gasteiger charge is -2.35. The van der Waals surface area contributed by atoms with Crippen molar-refractivity contribution in [3.63, 3.8) is 0 Å². The zero-order valence-corrected chi connectivity index (χ0v) is 9.96. The molecular weight excluding hydrogens is 198 g/mol. The summed E-state index contributed by atoms with van der Waals surface area (Å²) in [6.07, 6.45) is 2.56. The third-order valence-electron chi connectivity index (χ3n) is 4.45. The molecule has 2 heteroatoms. The number of hydrogen-bond acceptors (Lipinski definition) is 2. The molecule has 0 saturated carbocycles. The lowest BCUT2D eigenvalue weighted by Crippen LogP contribution is -2.37. The van der Waals surface area contributed by atoms with E-state index in [0.29, 0.717) is 17.7 Å². The highest BCUT2D eigenvalue weighted by atomic mass is 16.3. The Morgan fingerprint density at radius 1 is 1.38 bits per heavy atom. The van der Waals surface area contributed by atoms with Crippen LogP contribution in [0.2, 0.25) is 0 Å². The van der Waals surface area contributed by atoms with Gasteiger partial charge in [0.2, 0.25) is 0 Å². The molecule has 1 aliphatic carbocycles. The van der Waals surface area contributed by atoms with Crippen molar-refractivity contribution in [1.29, 1.82) is 0 Å². The van der Waals surface area contributed by atoms with Gasteiger partial charge in [-0.05, 0) is 54.0 Å². The highest BCUT2D eigenvalue weighted by Crippen LogP contribution is 2.52. The van der Waals surface area contributed by atoms with E-state index in [-0.39, 0.29) is 5.41 Å². The van der Waals surface area contributed by atoms with Crippen LogP contribution in [0.25, 0.3) is 0 Å². The lowest BCUT2D eigenvalue weighted by atomic mass is 9.74. The average molecular weight is 217 g/mol. The van der Waals surface area contributed by atoms with Gasteiger partial charge in [0.25, 0.3) is 0 Å². The van der Waals surface area contributed by atoms with E-state index in [1.165, 1.54) is 24.0 Å². The van der Waals surface area contributed by atoms with Crippen LogP contribution in [0.1, 0.15) is 43.9 Å². The number of phenols is 1. The number of piperidine rings is 1. The van der Waals surface area contributed by atoms with Crippen LogP contribution in [0, 0.1) is 5.92 Å². The zero-order chi connectivity index (χ0) is 11.3. The predicted octanol–water partition coefficient (Wildman–Crippen LogP) is 2.72. The van der Waals surface area contributed by atoms with Crippen molar-refractivity contribution in [1.82, 2.24) is 5.32 Å². The second-order valence-corrected chi connectivity index (χ2v) is 5.67. The Morgan fingerprint density at radius 2 is 2.19 bits per heavy atom. The molecule has 1 aliphatic heterocycles. The Kier molecular flexibility index (Phi) is 2.05. The van der Waals surface area contributed by atoms with Crippen LogP contribution in [0.15, 0.2) is 18.2 Å². The van der Waals surface area contributed by atoms with Crippen molar-refractivity contribution in [3.05, 3.63) is 29.3 Å². The Morgan fingerprint density at radius 3 is 3.00 bits per heavy atom. The van der Waals surface area contributed by atoms with Crippen LogP contribution in [-0.2, 0) is 5.41 Å². The molecule has 1 aromatic rings. The Balaban J connectivity index is 2.14. The second-order valence-electron chi connectivity index (χ2n) is 5.67. The maximum Gasteiger partial charge on any atom is 0.115 e. The van der Waals surface area contributed by atoms with Gasteiger partial charge in [0.15, 0.2) is 0 Å². The summed E-state index contributed by atoms with van der Waals surface area (Å²) in [5.41, 5.74) is 2.91. The van der Waals surface area contributed by atoms with Crippen molar-refractivity contribution in [3.8, 4) is 5.75 Å². The largest absolute Gasteiger partial charge is 0.508 e. The summed E-state index contributed by atoms with van der Waals surface area (Å²) in [4.78, 5) is 0. The molecule has 1 aromatic carbocycles. The molecule has 1 saturated heterocycles. The first-order valence-corrected chi connectivity index (χ1v) is 6.17. The average Bonchev–Trinajstić information content (AvgIpc) is 2.49. The minimum atomic E-state index is 0.187. The van der Waals surface area contributed by atoms with Gasteiger partial charge in [-0.1, -0.05) is 19.9 Å². The summed E-state index contributed by atoms with van der Waals surface area (Å²) in [6.45, 7) is 5.74. The number of benzene rings is 1. The third kappa shape index (κ3) is 1.23. The van der Waals surface area contributed by atoms with Gasteiger partial charge < -0.3 is 10.4 Å². The molecule has 2 unspecified atom stereocenters. The lowest BCUT2D eigenvalue weighted by molar-refractivity contribution is 0.218. The number of hydrogen-bond donors (Lipinski definition) is 2. The first-order chi connectivity index (χ1) is 7.60. The van der Waals surface area contributed by atoms with Gasteiger partial charge in [0, 0.05) is 6.04 Å². The van der Waals surface area contributed by atoms with Gasteiger partial charge >= 0.3 is 0 Å². The van der Waals surface area contributed by atoms with Crippen molar-refractivity contribution in [2.24, 2.45) is 5.92 Å². The maximum atomic E-state index is 9.64. The van der Waals surface area contributed by atoms with Crippen LogP contribution in [0.4, 0.5) is 0 Å². The van der Waals surface area contributed by atoms with E-state index in [1.54, 1.807) is 0 Å². The van der Waals surface area contributed by atoms with Crippen molar-refractivity contribution >= 4 is 0 Å². The monoisotopic (exact) mass is 217 g/mol. The summed E-state index contributed by atoms with van der Waals surface area (Å²) < 4.78 is 0. The van der Waals surface area contributed by atoms with Gasteiger partial charge in [0.1, 0.15) is 5.75 Å². The molecule has 1 heterocycles. The smallest absolute Gasteiger partial charge is 0.115 e. The second kappa shape index (κ2) is 3.24. The summed E-state index contributed by atoms with van der Waals surface area (Å²) >= 11 is 0. The molecule has 3 rings (SSSR count). The molecule has 16 heavy (non-hydrogen) atoms. The number of nitrogens with one attached hydrogen (secondary N) is 1. The SMILES string of the molecule is CC1(C)c2cc(O)ccc2C2NCCCC21.